The van der Waals surface area contributed by atoms with E-state index in [0.717, 1.165) is 5.56 Å². The highest BCUT2D eigenvalue weighted by Crippen LogP contribution is 2.14. The lowest BCUT2D eigenvalue weighted by Crippen LogP contribution is -2.32. The molecule has 0 heterocycles. The molecule has 2 aromatic carbocycles. The molecule has 0 radical (unpaired) electrons. The Labute approximate surface area is 157 Å². The molecule has 1 unspecified atom stereocenters. The molecule has 2 aromatic rings. The minimum atomic E-state index is -0.848. The summed E-state index contributed by atoms with van der Waals surface area (Å²) >= 11 is 0. The third kappa shape index (κ3) is 6.14. The Morgan fingerprint density at radius 1 is 1.11 bits per heavy atom. The molecule has 1 atom stereocenters. The molecule has 7 nitrogen and oxygen atoms in total. The van der Waals surface area contributed by atoms with Crippen molar-refractivity contribution in [1.82, 2.24) is 5.32 Å². The number of anilines is 1. The highest BCUT2D eigenvalue weighted by Gasteiger charge is 2.12. The Kier molecular flexibility index (Phi) is 6.93. The van der Waals surface area contributed by atoms with Gasteiger partial charge in [0.1, 0.15) is 5.75 Å². The van der Waals surface area contributed by atoms with Crippen LogP contribution < -0.4 is 15.4 Å². The number of ether oxygens (including phenoxy) is 1. The van der Waals surface area contributed by atoms with Crippen LogP contribution in [0.5, 0.6) is 5.75 Å². The van der Waals surface area contributed by atoms with Crippen molar-refractivity contribution in [3.8, 4) is 5.75 Å². The molecular weight excluding hydrogens is 348 g/mol. The van der Waals surface area contributed by atoms with Gasteiger partial charge in [0, 0.05) is 11.3 Å². The number of carboxylic acids is 1. The maximum atomic E-state index is 12.1. The smallest absolute Gasteiger partial charge is 0.306 e. The molecule has 0 aliphatic carbocycles. The van der Waals surface area contributed by atoms with Gasteiger partial charge in [-0.2, -0.15) is 0 Å². The number of aliphatic carboxylic acids is 1. The second-order valence-electron chi connectivity index (χ2n) is 6.10. The second-order valence-corrected chi connectivity index (χ2v) is 6.10. The highest BCUT2D eigenvalue weighted by molar-refractivity contribution is 5.99. The number of carbonyl (C=O) groups excluding carboxylic acids is 2. The van der Waals surface area contributed by atoms with E-state index in [-0.39, 0.29) is 18.4 Å². The number of carboxylic acid groups (broad SMARTS) is 1. The van der Waals surface area contributed by atoms with Gasteiger partial charge in [0.2, 0.25) is 5.91 Å². The van der Waals surface area contributed by atoms with Gasteiger partial charge in [-0.15, -0.1) is 0 Å². The third-order valence-electron chi connectivity index (χ3n) is 3.94. The van der Waals surface area contributed by atoms with E-state index >= 15 is 0 Å². The third-order valence-corrected chi connectivity index (χ3v) is 3.94. The molecule has 2 rings (SSSR count). The van der Waals surface area contributed by atoms with Crippen molar-refractivity contribution < 1.29 is 24.2 Å². The molecule has 0 spiro atoms. The largest absolute Gasteiger partial charge is 0.497 e. The number of hydrogen-bond donors (Lipinski definition) is 3. The summed E-state index contributed by atoms with van der Waals surface area (Å²) < 4.78 is 5.06. The van der Waals surface area contributed by atoms with Crippen LogP contribution in [-0.4, -0.2) is 36.5 Å². The van der Waals surface area contributed by atoms with Gasteiger partial charge >= 0.3 is 5.97 Å². The minimum Gasteiger partial charge on any atom is -0.497 e. The first-order chi connectivity index (χ1) is 12.9. The molecule has 27 heavy (non-hydrogen) atoms. The Bertz CT molecular complexity index is 817. The molecule has 0 aliphatic rings. The van der Waals surface area contributed by atoms with Crippen molar-refractivity contribution in [2.24, 2.45) is 5.92 Å². The number of hydrogen-bond acceptors (Lipinski definition) is 4. The normalized spacial score (nSPS) is 11.3. The van der Waals surface area contributed by atoms with Gasteiger partial charge in [-0.05, 0) is 42.3 Å². The van der Waals surface area contributed by atoms with Crippen molar-refractivity contribution in [1.29, 1.82) is 0 Å². The standard InChI is InChI=1S/C20H22N2O5/c1-13(20(25)26)10-14-6-8-16(9-7-14)22-18(23)12-21-19(24)15-4-3-5-17(11-15)27-2/h3-9,11,13H,10,12H2,1-2H3,(H,21,24)(H,22,23)(H,25,26). The zero-order chi connectivity index (χ0) is 19.8. The maximum absolute atomic E-state index is 12.1. The van der Waals surface area contributed by atoms with Gasteiger partial charge in [-0.3, -0.25) is 14.4 Å². The van der Waals surface area contributed by atoms with Crippen LogP contribution in [-0.2, 0) is 16.0 Å². The Morgan fingerprint density at radius 2 is 1.81 bits per heavy atom. The van der Waals surface area contributed by atoms with Gasteiger partial charge in [0.05, 0.1) is 19.6 Å². The fraction of sp³-hybridized carbons (Fsp3) is 0.250. The van der Waals surface area contributed by atoms with Crippen molar-refractivity contribution in [2.75, 3.05) is 19.0 Å². The lowest BCUT2D eigenvalue weighted by Gasteiger charge is -2.09. The van der Waals surface area contributed by atoms with Gasteiger partial charge in [-0.1, -0.05) is 25.1 Å². The summed E-state index contributed by atoms with van der Waals surface area (Å²) in [5, 5.41) is 14.2. The van der Waals surface area contributed by atoms with Gasteiger partial charge in [0.15, 0.2) is 0 Å². The van der Waals surface area contributed by atoms with E-state index in [1.807, 2.05) is 0 Å². The van der Waals surface area contributed by atoms with E-state index < -0.39 is 11.9 Å². The van der Waals surface area contributed by atoms with Crippen LogP contribution >= 0.6 is 0 Å². The summed E-state index contributed by atoms with van der Waals surface area (Å²) in [5.41, 5.74) is 1.84. The van der Waals surface area contributed by atoms with Gasteiger partial charge in [0.25, 0.3) is 5.91 Å². The quantitative estimate of drug-likeness (QED) is 0.661. The SMILES string of the molecule is COc1cccc(C(=O)NCC(=O)Nc2ccc(CC(C)C(=O)O)cc2)c1. The van der Waals surface area contributed by atoms with Gasteiger partial charge < -0.3 is 20.5 Å². The Morgan fingerprint density at radius 3 is 2.44 bits per heavy atom. The van der Waals surface area contributed by atoms with E-state index in [1.54, 1.807) is 55.5 Å². The summed E-state index contributed by atoms with van der Waals surface area (Å²) in [7, 11) is 1.51. The van der Waals surface area contributed by atoms with E-state index in [0.29, 0.717) is 23.4 Å². The summed E-state index contributed by atoms with van der Waals surface area (Å²) in [6, 6.07) is 13.6. The molecule has 0 saturated heterocycles. The van der Waals surface area contributed by atoms with Crippen LogP contribution in [0, 0.1) is 5.92 Å². The summed E-state index contributed by atoms with van der Waals surface area (Å²) in [4.78, 5) is 35.0. The summed E-state index contributed by atoms with van der Waals surface area (Å²) in [5.74, 6) is -1.50. The number of rotatable bonds is 8. The Hall–Kier alpha value is -3.35. The molecule has 0 aromatic heterocycles. The number of carbonyl (C=O) groups is 3. The maximum Gasteiger partial charge on any atom is 0.306 e. The average molecular weight is 370 g/mol. The average Bonchev–Trinajstić information content (AvgIpc) is 2.67. The molecule has 142 valence electrons. The number of methoxy groups -OCH3 is 1. The van der Waals surface area contributed by atoms with Crippen LogP contribution in [0.1, 0.15) is 22.8 Å². The van der Waals surface area contributed by atoms with Crippen molar-refractivity contribution in [3.63, 3.8) is 0 Å². The van der Waals surface area contributed by atoms with Crippen LogP contribution in [0.3, 0.4) is 0 Å². The first-order valence-electron chi connectivity index (χ1n) is 8.43. The molecular formula is C20H22N2O5. The number of amides is 2. The van der Waals surface area contributed by atoms with Crippen LogP contribution in [0.25, 0.3) is 0 Å². The summed E-state index contributed by atoms with van der Waals surface area (Å²) in [6.07, 6.45) is 0.417. The fourth-order valence-electron chi connectivity index (χ4n) is 2.40. The zero-order valence-corrected chi connectivity index (χ0v) is 15.2. The Balaban J connectivity index is 1.84. The molecule has 0 fully saturated rings. The van der Waals surface area contributed by atoms with Gasteiger partial charge in [-0.25, -0.2) is 0 Å². The van der Waals surface area contributed by atoms with Crippen LogP contribution in [0.4, 0.5) is 5.69 Å². The molecule has 0 saturated carbocycles. The van der Waals surface area contributed by atoms with E-state index in [4.69, 9.17) is 9.84 Å². The van der Waals surface area contributed by atoms with E-state index in [2.05, 4.69) is 10.6 Å². The monoisotopic (exact) mass is 370 g/mol. The molecule has 0 aliphatic heterocycles. The van der Waals surface area contributed by atoms with E-state index in [1.165, 1.54) is 7.11 Å². The van der Waals surface area contributed by atoms with Crippen LogP contribution in [0.2, 0.25) is 0 Å². The fourth-order valence-corrected chi connectivity index (χ4v) is 2.40. The minimum absolute atomic E-state index is 0.173. The van der Waals surface area contributed by atoms with Crippen molar-refractivity contribution >= 4 is 23.5 Å². The lowest BCUT2D eigenvalue weighted by atomic mass is 10.0. The second kappa shape index (κ2) is 9.38. The van der Waals surface area contributed by atoms with Crippen molar-refractivity contribution in [2.45, 2.75) is 13.3 Å². The molecule has 3 N–H and O–H groups in total. The zero-order valence-electron chi connectivity index (χ0n) is 15.2. The predicted molar refractivity (Wildman–Crippen MR) is 101 cm³/mol. The first-order valence-corrected chi connectivity index (χ1v) is 8.43. The molecule has 2 amide bonds. The lowest BCUT2D eigenvalue weighted by molar-refractivity contribution is -0.141. The highest BCUT2D eigenvalue weighted by atomic mass is 16.5. The summed E-state index contributed by atoms with van der Waals surface area (Å²) in [6.45, 7) is 1.47. The topological polar surface area (TPSA) is 105 Å². The van der Waals surface area contributed by atoms with Crippen molar-refractivity contribution in [3.05, 3.63) is 59.7 Å². The molecule has 0 bridgehead atoms. The number of benzene rings is 2. The number of nitrogens with one attached hydrogen (secondary N) is 2. The van der Waals surface area contributed by atoms with Crippen LogP contribution in [0.15, 0.2) is 48.5 Å². The van der Waals surface area contributed by atoms with E-state index in [9.17, 15) is 14.4 Å². The first kappa shape index (κ1) is 20.0. The molecule has 7 heteroatoms. The predicted octanol–water partition coefficient (Wildman–Crippen LogP) is 2.33.